The van der Waals surface area contributed by atoms with Gasteiger partial charge in [-0.25, -0.2) is 4.79 Å². The van der Waals surface area contributed by atoms with Crippen molar-refractivity contribution >= 4 is 11.5 Å². The zero-order valence-electron chi connectivity index (χ0n) is 19.4. The van der Waals surface area contributed by atoms with E-state index in [2.05, 4.69) is 30.3 Å². The van der Waals surface area contributed by atoms with Crippen molar-refractivity contribution in [3.63, 3.8) is 0 Å². The summed E-state index contributed by atoms with van der Waals surface area (Å²) in [5.41, 5.74) is 5.64. The maximum atomic E-state index is 11.3. The van der Waals surface area contributed by atoms with Gasteiger partial charge in [-0.05, 0) is 60.2 Å². The fourth-order valence-corrected chi connectivity index (χ4v) is 4.12. The van der Waals surface area contributed by atoms with Crippen molar-refractivity contribution in [2.75, 3.05) is 13.2 Å². The Morgan fingerprint density at radius 1 is 1.03 bits per heavy atom. The van der Waals surface area contributed by atoms with Gasteiger partial charge in [0.25, 0.3) is 0 Å². The monoisotopic (exact) mass is 458 g/mol. The Bertz CT molecular complexity index is 1080. The van der Waals surface area contributed by atoms with Gasteiger partial charge >= 0.3 is 5.97 Å². The fraction of sp³-hybridized carbons (Fsp3) is 0.276. The molecule has 0 saturated heterocycles. The number of carboxylic acids is 1. The molecule has 5 nitrogen and oxygen atoms in total. The van der Waals surface area contributed by atoms with Gasteiger partial charge in [-0.3, -0.25) is 0 Å². The third-order valence-electron chi connectivity index (χ3n) is 5.82. The molecular formula is C29H30O5. The number of allylic oxidation sites excluding steroid dienone is 1. The molecule has 1 aliphatic rings. The minimum absolute atomic E-state index is 0.337. The molecule has 5 heteroatoms. The standard InChI is InChI=1S/C29H30O5/c1-2-32-28(29(30)31)19-21-14-16-23(17-15-21)33-18-8-7-11-25-24-10-4-3-9-22(24)20-34-27-13-6-5-12-26(25)27/h3-6,9-17,28H,2,7-8,18-20H2,1H3,(H,30,31). The van der Waals surface area contributed by atoms with Crippen LogP contribution in [-0.4, -0.2) is 30.4 Å². The van der Waals surface area contributed by atoms with Gasteiger partial charge in [0.2, 0.25) is 0 Å². The Morgan fingerprint density at radius 2 is 1.76 bits per heavy atom. The second-order valence-corrected chi connectivity index (χ2v) is 8.18. The Kier molecular flexibility index (Phi) is 7.99. The summed E-state index contributed by atoms with van der Waals surface area (Å²) >= 11 is 0. The maximum absolute atomic E-state index is 11.3. The first-order chi connectivity index (χ1) is 16.7. The zero-order chi connectivity index (χ0) is 23.8. The molecule has 4 rings (SSSR count). The molecule has 3 aromatic rings. The summed E-state index contributed by atoms with van der Waals surface area (Å²) in [6, 6.07) is 24.1. The fourth-order valence-electron chi connectivity index (χ4n) is 4.12. The lowest BCUT2D eigenvalue weighted by Gasteiger charge is -2.13. The van der Waals surface area contributed by atoms with Crippen LogP contribution in [-0.2, 0) is 22.6 Å². The highest BCUT2D eigenvalue weighted by Gasteiger charge is 2.19. The summed E-state index contributed by atoms with van der Waals surface area (Å²) < 4.78 is 17.2. The van der Waals surface area contributed by atoms with E-state index in [-0.39, 0.29) is 0 Å². The number of carboxylic acid groups (broad SMARTS) is 1. The Morgan fingerprint density at radius 3 is 2.53 bits per heavy atom. The molecule has 0 radical (unpaired) electrons. The summed E-state index contributed by atoms with van der Waals surface area (Å²) in [7, 11) is 0. The topological polar surface area (TPSA) is 65.0 Å². The smallest absolute Gasteiger partial charge is 0.333 e. The van der Waals surface area contributed by atoms with Crippen molar-refractivity contribution in [1.29, 1.82) is 0 Å². The lowest BCUT2D eigenvalue weighted by Crippen LogP contribution is -2.26. The van der Waals surface area contributed by atoms with Gasteiger partial charge in [0.05, 0.1) is 6.61 Å². The van der Waals surface area contributed by atoms with Crippen LogP contribution in [0.4, 0.5) is 0 Å². The zero-order valence-corrected chi connectivity index (χ0v) is 19.4. The van der Waals surface area contributed by atoms with Crippen molar-refractivity contribution in [2.24, 2.45) is 0 Å². The van der Waals surface area contributed by atoms with E-state index < -0.39 is 12.1 Å². The minimum Gasteiger partial charge on any atom is -0.494 e. The van der Waals surface area contributed by atoms with Crippen LogP contribution in [0.1, 0.15) is 42.0 Å². The summed E-state index contributed by atoms with van der Waals surface area (Å²) in [4.78, 5) is 11.3. The maximum Gasteiger partial charge on any atom is 0.333 e. The number of hydrogen-bond acceptors (Lipinski definition) is 4. The normalized spacial score (nSPS) is 14.4. The summed E-state index contributed by atoms with van der Waals surface area (Å²) in [5, 5.41) is 9.24. The van der Waals surface area contributed by atoms with Crippen LogP contribution in [0.15, 0.2) is 78.9 Å². The van der Waals surface area contributed by atoms with Crippen molar-refractivity contribution in [3.8, 4) is 11.5 Å². The van der Waals surface area contributed by atoms with Crippen molar-refractivity contribution < 1.29 is 24.1 Å². The molecule has 0 bridgehead atoms. The average molecular weight is 459 g/mol. The molecular weight excluding hydrogens is 428 g/mol. The van der Waals surface area contributed by atoms with Crippen LogP contribution in [0.3, 0.4) is 0 Å². The van der Waals surface area contributed by atoms with Gasteiger partial charge in [-0.1, -0.05) is 60.7 Å². The molecule has 1 N–H and O–H groups in total. The molecule has 1 unspecified atom stereocenters. The summed E-state index contributed by atoms with van der Waals surface area (Å²) in [5.74, 6) is 0.746. The van der Waals surface area contributed by atoms with E-state index in [4.69, 9.17) is 14.2 Å². The quantitative estimate of drug-likeness (QED) is 0.383. The highest BCUT2D eigenvalue weighted by atomic mass is 16.5. The molecule has 34 heavy (non-hydrogen) atoms. The molecule has 176 valence electrons. The molecule has 0 fully saturated rings. The van der Waals surface area contributed by atoms with E-state index in [1.54, 1.807) is 6.92 Å². The van der Waals surface area contributed by atoms with E-state index in [0.717, 1.165) is 35.5 Å². The van der Waals surface area contributed by atoms with Gasteiger partial charge in [0.1, 0.15) is 18.1 Å². The number of hydrogen-bond donors (Lipinski definition) is 1. The van der Waals surface area contributed by atoms with Crippen LogP contribution < -0.4 is 9.47 Å². The highest BCUT2D eigenvalue weighted by molar-refractivity contribution is 5.84. The number of fused-ring (bicyclic) bond motifs is 2. The lowest BCUT2D eigenvalue weighted by molar-refractivity contribution is -0.149. The molecule has 0 aliphatic carbocycles. The van der Waals surface area contributed by atoms with Crippen LogP contribution in [0, 0.1) is 0 Å². The Labute approximate surface area is 200 Å². The SMILES string of the molecule is CCOC(Cc1ccc(OCCCC=C2c3ccccc3COc3ccccc32)cc1)C(=O)O. The van der Waals surface area contributed by atoms with E-state index in [0.29, 0.717) is 26.2 Å². The third-order valence-corrected chi connectivity index (χ3v) is 5.82. The number of carbonyl (C=O) groups is 1. The summed E-state index contributed by atoms with van der Waals surface area (Å²) in [6.07, 6.45) is 3.55. The summed E-state index contributed by atoms with van der Waals surface area (Å²) in [6.45, 7) is 3.34. The van der Waals surface area contributed by atoms with Crippen LogP contribution in [0.2, 0.25) is 0 Å². The Balaban J connectivity index is 1.35. The van der Waals surface area contributed by atoms with E-state index >= 15 is 0 Å². The van der Waals surface area contributed by atoms with Crippen LogP contribution >= 0.6 is 0 Å². The van der Waals surface area contributed by atoms with Gasteiger partial charge in [0, 0.05) is 18.6 Å². The third kappa shape index (κ3) is 5.86. The Hall–Kier alpha value is -3.57. The molecule has 1 aliphatic heterocycles. The molecule has 1 heterocycles. The number of aliphatic carboxylic acids is 1. The molecule has 0 aromatic heterocycles. The molecule has 3 aromatic carbocycles. The van der Waals surface area contributed by atoms with Crippen molar-refractivity contribution in [2.45, 2.75) is 38.9 Å². The number of unbranched alkanes of at least 4 members (excludes halogenated alkanes) is 1. The van der Waals surface area contributed by atoms with Crippen molar-refractivity contribution in [3.05, 3.63) is 101 Å². The lowest BCUT2D eigenvalue weighted by atomic mass is 9.93. The van der Waals surface area contributed by atoms with Gasteiger partial charge in [-0.15, -0.1) is 0 Å². The number of rotatable bonds is 10. The first-order valence-corrected chi connectivity index (χ1v) is 11.7. The average Bonchev–Trinajstić information content (AvgIpc) is 3.01. The first kappa shape index (κ1) is 23.6. The van der Waals surface area contributed by atoms with Gasteiger partial charge in [0.15, 0.2) is 6.10 Å². The van der Waals surface area contributed by atoms with Crippen LogP contribution in [0.5, 0.6) is 11.5 Å². The van der Waals surface area contributed by atoms with Gasteiger partial charge < -0.3 is 19.3 Å². The number of ether oxygens (including phenoxy) is 3. The molecule has 0 spiro atoms. The highest BCUT2D eigenvalue weighted by Crippen LogP contribution is 2.36. The largest absolute Gasteiger partial charge is 0.494 e. The second kappa shape index (κ2) is 11.5. The molecule has 0 amide bonds. The minimum atomic E-state index is -0.943. The molecule has 1 atom stereocenters. The number of para-hydroxylation sites is 1. The number of benzene rings is 3. The van der Waals surface area contributed by atoms with Crippen molar-refractivity contribution in [1.82, 2.24) is 0 Å². The molecule has 0 saturated carbocycles. The second-order valence-electron chi connectivity index (χ2n) is 8.18. The van der Waals surface area contributed by atoms with E-state index in [1.807, 2.05) is 48.5 Å². The predicted molar refractivity (Wildman–Crippen MR) is 132 cm³/mol. The van der Waals surface area contributed by atoms with E-state index in [9.17, 15) is 9.90 Å². The van der Waals surface area contributed by atoms with Crippen LogP contribution in [0.25, 0.3) is 5.57 Å². The first-order valence-electron chi connectivity index (χ1n) is 11.7. The van der Waals surface area contributed by atoms with Gasteiger partial charge in [-0.2, -0.15) is 0 Å². The predicted octanol–water partition coefficient (Wildman–Crippen LogP) is 5.90. The van der Waals surface area contributed by atoms with E-state index in [1.165, 1.54) is 16.7 Å².